The van der Waals surface area contributed by atoms with Crippen molar-refractivity contribution in [3.05, 3.63) is 83.8 Å². The molecule has 3 aromatic heterocycles. The molecular formula is C45H57N9O5S. The summed E-state index contributed by atoms with van der Waals surface area (Å²) < 4.78 is 1.88. The Kier molecular flexibility index (Phi) is 14.3. The van der Waals surface area contributed by atoms with Crippen LogP contribution < -0.4 is 16.4 Å². The topological polar surface area (TPSA) is 201 Å². The Labute approximate surface area is 355 Å². The Morgan fingerprint density at radius 1 is 0.950 bits per heavy atom. The molecule has 1 aliphatic heterocycles. The summed E-state index contributed by atoms with van der Waals surface area (Å²) in [5.74, 6) is -0.508. The number of carbonyl (C=O) groups excluding carboxylic acids is 3. The van der Waals surface area contributed by atoms with Gasteiger partial charge in [0.15, 0.2) is 5.82 Å². The first kappa shape index (κ1) is 43.9. The highest BCUT2D eigenvalue weighted by Gasteiger charge is 2.44. The molecule has 0 bridgehead atoms. The third kappa shape index (κ3) is 10.9. The Morgan fingerprint density at radius 2 is 1.67 bits per heavy atom. The number of nitrogens with zero attached hydrogens (tertiary/aromatic N) is 6. The van der Waals surface area contributed by atoms with Crippen LogP contribution in [0.15, 0.2) is 72.5 Å². The lowest BCUT2D eigenvalue weighted by molar-refractivity contribution is -0.144. The van der Waals surface area contributed by atoms with Crippen LogP contribution in [0.2, 0.25) is 0 Å². The van der Waals surface area contributed by atoms with E-state index in [2.05, 4.69) is 30.9 Å². The maximum atomic E-state index is 14.1. The molecule has 15 heteroatoms. The maximum Gasteiger partial charge on any atom is 0.246 e. The lowest BCUT2D eigenvalue weighted by Crippen LogP contribution is -2.57. The van der Waals surface area contributed by atoms with E-state index in [0.29, 0.717) is 29.7 Å². The molecule has 6 N–H and O–H groups in total. The van der Waals surface area contributed by atoms with Gasteiger partial charge in [0.1, 0.15) is 17.8 Å². The van der Waals surface area contributed by atoms with E-state index < -0.39 is 23.6 Å². The van der Waals surface area contributed by atoms with Crippen LogP contribution in [0.25, 0.3) is 32.8 Å². The molecule has 6 rings (SSSR count). The summed E-state index contributed by atoms with van der Waals surface area (Å²) in [6.45, 7) is 10.3. The first-order valence-corrected chi connectivity index (χ1v) is 21.6. The van der Waals surface area contributed by atoms with Gasteiger partial charge in [-0.25, -0.2) is 4.98 Å². The number of β-amino-alcohol motifs (C(OH)–C–C–N with tert-alkyl or cyclic N) is 1. The predicted octanol–water partition coefficient (Wildman–Crippen LogP) is 6.83. The largest absolute Gasteiger partial charge is 0.507 e. The molecule has 1 aliphatic rings. The lowest BCUT2D eigenvalue weighted by atomic mass is 9.85. The van der Waals surface area contributed by atoms with Gasteiger partial charge >= 0.3 is 0 Å². The molecule has 5 aromatic rings. The minimum Gasteiger partial charge on any atom is -0.507 e. The fraction of sp³-hybridized carbons (Fsp3) is 0.444. The van der Waals surface area contributed by atoms with Crippen molar-refractivity contribution in [1.82, 2.24) is 40.5 Å². The normalized spacial score (nSPS) is 16.4. The van der Waals surface area contributed by atoms with Crippen molar-refractivity contribution >= 4 is 34.9 Å². The van der Waals surface area contributed by atoms with E-state index in [9.17, 15) is 24.6 Å². The van der Waals surface area contributed by atoms with E-state index in [-0.39, 0.29) is 48.3 Å². The monoisotopic (exact) mass is 835 g/mol. The van der Waals surface area contributed by atoms with E-state index >= 15 is 0 Å². The number of amides is 3. The number of thiazole rings is 1. The molecule has 1 saturated heterocycles. The summed E-state index contributed by atoms with van der Waals surface area (Å²) in [5.41, 5.74) is 12.9. The number of aliphatic hydroxyl groups excluding tert-OH is 1. The number of carbonyl (C=O) groups is 3. The molecular weight excluding hydrogens is 779 g/mol. The van der Waals surface area contributed by atoms with Gasteiger partial charge in [-0.05, 0) is 61.4 Å². The van der Waals surface area contributed by atoms with Crippen LogP contribution in [0, 0.1) is 12.3 Å². The zero-order valence-electron chi connectivity index (χ0n) is 35.1. The number of likely N-dealkylation sites (tertiary alicyclic amines) is 1. The van der Waals surface area contributed by atoms with Crippen LogP contribution in [0.3, 0.4) is 0 Å². The zero-order chi connectivity index (χ0) is 43.0. The summed E-state index contributed by atoms with van der Waals surface area (Å²) in [6, 6.07) is 14.7. The van der Waals surface area contributed by atoms with Crippen LogP contribution in [-0.2, 0) is 20.9 Å². The van der Waals surface area contributed by atoms with E-state index in [1.807, 2.05) is 87.4 Å². The summed E-state index contributed by atoms with van der Waals surface area (Å²) in [5, 5.41) is 39.7. The third-order valence-electron chi connectivity index (χ3n) is 11.0. The number of para-hydroxylation sites is 1. The van der Waals surface area contributed by atoms with Gasteiger partial charge < -0.3 is 31.5 Å². The van der Waals surface area contributed by atoms with Gasteiger partial charge in [-0.2, -0.15) is 5.10 Å². The number of anilines is 1. The minimum absolute atomic E-state index is 0.0246. The molecule has 2 aromatic carbocycles. The molecule has 0 saturated carbocycles. The molecule has 318 valence electrons. The number of aliphatic hydroxyl groups is 1. The number of nitrogens with one attached hydrogen (secondary N) is 2. The number of nitrogens with two attached hydrogens (primary N) is 1. The Balaban J connectivity index is 0.924. The smallest absolute Gasteiger partial charge is 0.246 e. The maximum absolute atomic E-state index is 14.1. The fourth-order valence-electron chi connectivity index (χ4n) is 7.59. The van der Waals surface area contributed by atoms with Crippen molar-refractivity contribution in [2.45, 2.75) is 117 Å². The average Bonchev–Trinajstić information content (AvgIpc) is 3.98. The number of aromatic nitrogens is 5. The quantitative estimate of drug-likeness (QED) is 0.0619. The molecule has 14 nitrogen and oxygen atoms in total. The Morgan fingerprint density at radius 3 is 2.37 bits per heavy atom. The highest BCUT2D eigenvalue weighted by molar-refractivity contribution is 7.13. The van der Waals surface area contributed by atoms with Crippen molar-refractivity contribution in [3.8, 4) is 38.6 Å². The number of nitrogen functional groups attached to an aromatic ring is 1. The Hall–Kier alpha value is -5.67. The van der Waals surface area contributed by atoms with Crippen molar-refractivity contribution in [1.29, 1.82) is 0 Å². The first-order valence-electron chi connectivity index (χ1n) is 20.7. The number of phenols is 1. The number of rotatable bonds is 17. The molecule has 60 heavy (non-hydrogen) atoms. The van der Waals surface area contributed by atoms with E-state index in [4.69, 9.17) is 5.73 Å². The van der Waals surface area contributed by atoms with Crippen molar-refractivity contribution in [2.75, 3.05) is 12.3 Å². The van der Waals surface area contributed by atoms with Gasteiger partial charge in [0.25, 0.3) is 0 Å². The van der Waals surface area contributed by atoms with Crippen molar-refractivity contribution < 1.29 is 24.6 Å². The number of hydrogen-bond donors (Lipinski definition) is 5. The van der Waals surface area contributed by atoms with E-state index in [1.165, 1.54) is 4.90 Å². The summed E-state index contributed by atoms with van der Waals surface area (Å²) in [4.78, 5) is 47.7. The first-order chi connectivity index (χ1) is 28.7. The van der Waals surface area contributed by atoms with Gasteiger partial charge in [-0.1, -0.05) is 82.9 Å². The number of benzene rings is 2. The second-order valence-electron chi connectivity index (χ2n) is 16.8. The second-order valence-corrected chi connectivity index (χ2v) is 17.6. The van der Waals surface area contributed by atoms with Crippen LogP contribution in [0.5, 0.6) is 5.75 Å². The van der Waals surface area contributed by atoms with E-state index in [1.54, 1.807) is 35.7 Å². The SMILES string of the molecule is Cc1ncsc1-c1ccc(C(C)NC(=O)C2CC(O)CN2C(=O)C(NC(=O)CCCCCCCCn2cc(-c3cc(-c4ccccc4O)nnc3N)cn2)C(C)(C)C)cc1. The lowest BCUT2D eigenvalue weighted by Gasteiger charge is -2.35. The molecule has 4 atom stereocenters. The third-order valence-corrected chi connectivity index (χ3v) is 12.0. The zero-order valence-corrected chi connectivity index (χ0v) is 35.9. The van der Waals surface area contributed by atoms with Crippen LogP contribution in [-0.4, -0.2) is 82.5 Å². The van der Waals surface area contributed by atoms with Crippen molar-refractivity contribution in [3.63, 3.8) is 0 Å². The van der Waals surface area contributed by atoms with Crippen molar-refractivity contribution in [2.24, 2.45) is 5.41 Å². The molecule has 3 amide bonds. The van der Waals surface area contributed by atoms with Gasteiger partial charge in [0, 0.05) is 48.8 Å². The van der Waals surface area contributed by atoms with Crippen LogP contribution in [0.1, 0.15) is 96.4 Å². The second kappa shape index (κ2) is 19.6. The fourth-order valence-corrected chi connectivity index (χ4v) is 8.41. The van der Waals surface area contributed by atoms with Gasteiger partial charge in [-0.3, -0.25) is 19.1 Å². The summed E-state index contributed by atoms with van der Waals surface area (Å²) >= 11 is 1.58. The molecule has 0 spiro atoms. The van der Waals surface area contributed by atoms with Gasteiger partial charge in [-0.15, -0.1) is 21.5 Å². The summed E-state index contributed by atoms with van der Waals surface area (Å²) in [6.07, 6.45) is 8.78. The van der Waals surface area contributed by atoms with Crippen LogP contribution >= 0.6 is 11.3 Å². The number of aromatic hydroxyl groups is 1. The molecule has 4 unspecified atom stereocenters. The molecule has 0 radical (unpaired) electrons. The highest BCUT2D eigenvalue weighted by atomic mass is 32.1. The molecule has 4 heterocycles. The predicted molar refractivity (Wildman–Crippen MR) is 233 cm³/mol. The number of unbranched alkanes of at least 4 members (excludes halogenated alkanes) is 5. The minimum atomic E-state index is -0.862. The summed E-state index contributed by atoms with van der Waals surface area (Å²) in [7, 11) is 0. The number of aryl methyl sites for hydroxylation is 2. The standard InChI is InChI=1S/C45H57N9O5S/c1-28(30-17-19-31(20-18-30)40-29(2)47-27-60-40)49-43(58)37-22-33(55)26-54(37)44(59)41(45(3,4)5)50-39(57)16-10-8-6-7-9-13-21-53-25-32(24-48-53)35-23-36(51-52-42(35)46)34-14-11-12-15-38(34)56/h11-12,14-15,17-20,23-25,27-28,33,37,41,55-56H,6-10,13,16,21-22,26H2,1-5H3,(H2,46,52)(H,49,58)(H,50,57). The highest BCUT2D eigenvalue weighted by Crippen LogP contribution is 2.33. The average molecular weight is 836 g/mol. The molecule has 1 fully saturated rings. The Bertz CT molecular complexity index is 2250. The van der Waals surface area contributed by atoms with Gasteiger partial charge in [0.2, 0.25) is 17.7 Å². The number of hydrogen-bond acceptors (Lipinski definition) is 11. The van der Waals surface area contributed by atoms with Gasteiger partial charge in [0.05, 0.1) is 40.1 Å². The number of phenolic OH excluding ortho intramolecular Hbond substituents is 1. The van der Waals surface area contributed by atoms with E-state index in [0.717, 1.165) is 65.9 Å². The molecule has 0 aliphatic carbocycles. The van der Waals surface area contributed by atoms with Crippen LogP contribution in [0.4, 0.5) is 5.82 Å².